The van der Waals surface area contributed by atoms with Gasteiger partial charge in [-0.05, 0) is 19.1 Å². The number of para-hydroxylation sites is 1. The summed E-state index contributed by atoms with van der Waals surface area (Å²) in [7, 11) is -3.31. The minimum absolute atomic E-state index is 0.146. The van der Waals surface area contributed by atoms with Crippen LogP contribution in [-0.2, 0) is 16.4 Å². The lowest BCUT2D eigenvalue weighted by molar-refractivity contribution is 0.602. The first-order chi connectivity index (χ1) is 8.88. The van der Waals surface area contributed by atoms with E-state index in [-0.39, 0.29) is 10.6 Å². The van der Waals surface area contributed by atoms with E-state index in [1.165, 1.54) is 6.07 Å². The second kappa shape index (κ2) is 5.18. The normalized spacial score (nSPS) is 11.5. The lowest BCUT2D eigenvalue weighted by Gasteiger charge is -2.11. The van der Waals surface area contributed by atoms with Crippen LogP contribution in [0.3, 0.4) is 0 Å². The summed E-state index contributed by atoms with van der Waals surface area (Å²) in [6.07, 6.45) is 1.15. The van der Waals surface area contributed by atoms with Crippen molar-refractivity contribution in [1.29, 1.82) is 0 Å². The highest BCUT2D eigenvalue weighted by Gasteiger charge is 2.14. The first-order valence-electron chi connectivity index (χ1n) is 5.61. The molecule has 7 heteroatoms. The summed E-state index contributed by atoms with van der Waals surface area (Å²) in [4.78, 5) is 4.47. The predicted octanol–water partition coefficient (Wildman–Crippen LogP) is 2.05. The number of aryl methyl sites for hydroxylation is 1. The molecule has 19 heavy (non-hydrogen) atoms. The monoisotopic (exact) mass is 297 g/mol. The Labute approximate surface area is 116 Å². The van der Waals surface area contributed by atoms with E-state index >= 15 is 0 Å². The summed E-state index contributed by atoms with van der Waals surface area (Å²) in [5.41, 5.74) is 7.71. The number of benzene rings is 1. The summed E-state index contributed by atoms with van der Waals surface area (Å²) in [5, 5.41) is 6.01. The van der Waals surface area contributed by atoms with Crippen LogP contribution in [0.2, 0.25) is 0 Å². The average molecular weight is 297 g/mol. The Morgan fingerprint density at radius 1 is 1.42 bits per heavy atom. The van der Waals surface area contributed by atoms with Crippen LogP contribution >= 0.6 is 11.3 Å². The molecule has 0 fully saturated rings. The van der Waals surface area contributed by atoms with E-state index in [4.69, 9.17) is 5.73 Å². The highest BCUT2D eigenvalue weighted by Crippen LogP contribution is 2.27. The number of sulfone groups is 1. The number of hydrogen-bond acceptors (Lipinski definition) is 6. The van der Waals surface area contributed by atoms with Gasteiger partial charge in [0.2, 0.25) is 0 Å². The number of nitrogens with two attached hydrogens (primary N) is 1. The van der Waals surface area contributed by atoms with Gasteiger partial charge in [0.1, 0.15) is 5.01 Å². The Morgan fingerprint density at radius 2 is 2.16 bits per heavy atom. The number of aromatic nitrogens is 1. The van der Waals surface area contributed by atoms with E-state index in [0.29, 0.717) is 12.2 Å². The lowest BCUT2D eigenvalue weighted by Crippen LogP contribution is -2.07. The van der Waals surface area contributed by atoms with Crippen molar-refractivity contribution in [3.63, 3.8) is 0 Å². The number of thiazole rings is 1. The van der Waals surface area contributed by atoms with E-state index in [2.05, 4.69) is 10.3 Å². The van der Waals surface area contributed by atoms with E-state index in [9.17, 15) is 8.42 Å². The Kier molecular flexibility index (Phi) is 3.77. The molecular weight excluding hydrogens is 282 g/mol. The molecule has 0 bridgehead atoms. The van der Waals surface area contributed by atoms with Gasteiger partial charge in [-0.15, -0.1) is 11.3 Å². The molecule has 2 rings (SSSR count). The highest BCUT2D eigenvalue weighted by molar-refractivity contribution is 7.90. The summed E-state index contributed by atoms with van der Waals surface area (Å²) >= 11 is 1.55. The van der Waals surface area contributed by atoms with Gasteiger partial charge in [-0.3, -0.25) is 0 Å². The largest absolute Gasteiger partial charge is 0.396 e. The zero-order valence-corrected chi connectivity index (χ0v) is 12.3. The van der Waals surface area contributed by atoms with Crippen molar-refractivity contribution >= 4 is 32.5 Å². The maximum atomic E-state index is 11.6. The Balaban J connectivity index is 2.22. The highest BCUT2D eigenvalue weighted by atomic mass is 32.2. The van der Waals surface area contributed by atoms with Crippen molar-refractivity contribution in [2.75, 3.05) is 17.3 Å². The molecule has 0 amide bonds. The van der Waals surface area contributed by atoms with Crippen LogP contribution in [0.1, 0.15) is 10.7 Å². The molecule has 102 valence electrons. The molecule has 1 aromatic carbocycles. The van der Waals surface area contributed by atoms with Gasteiger partial charge < -0.3 is 11.1 Å². The van der Waals surface area contributed by atoms with Crippen molar-refractivity contribution < 1.29 is 8.42 Å². The van der Waals surface area contributed by atoms with Gasteiger partial charge in [-0.2, -0.15) is 0 Å². The molecule has 0 aliphatic rings. The minimum Gasteiger partial charge on any atom is -0.396 e. The number of hydrogen-bond donors (Lipinski definition) is 2. The molecule has 1 heterocycles. The van der Waals surface area contributed by atoms with E-state index < -0.39 is 9.84 Å². The molecule has 0 aliphatic carbocycles. The molecule has 0 unspecified atom stereocenters. The summed E-state index contributed by atoms with van der Waals surface area (Å²) in [5.74, 6) is 0. The van der Waals surface area contributed by atoms with E-state index in [0.717, 1.165) is 17.0 Å². The van der Waals surface area contributed by atoms with Crippen LogP contribution in [0.5, 0.6) is 0 Å². The second-order valence-electron chi connectivity index (χ2n) is 4.23. The van der Waals surface area contributed by atoms with Gasteiger partial charge >= 0.3 is 0 Å². The lowest BCUT2D eigenvalue weighted by atomic mass is 10.2. The molecule has 0 radical (unpaired) electrons. The summed E-state index contributed by atoms with van der Waals surface area (Å²) < 4.78 is 23.1. The van der Waals surface area contributed by atoms with Crippen LogP contribution in [-0.4, -0.2) is 19.7 Å². The third kappa shape index (κ3) is 3.24. The fraction of sp³-hybridized carbons (Fsp3) is 0.250. The summed E-state index contributed by atoms with van der Waals surface area (Å²) in [6.45, 7) is 2.45. The van der Waals surface area contributed by atoms with Crippen LogP contribution in [0, 0.1) is 6.92 Å². The fourth-order valence-corrected chi connectivity index (χ4v) is 3.22. The molecule has 0 spiro atoms. The average Bonchev–Trinajstić information content (AvgIpc) is 2.72. The molecule has 1 aromatic heterocycles. The van der Waals surface area contributed by atoms with Crippen molar-refractivity contribution in [1.82, 2.24) is 4.98 Å². The standard InChI is InChI=1S/C12H15N3O2S2/c1-8-7-18-11(15-8)6-14-9-4-3-5-10(12(9)13)19(2,16)17/h3-5,7,14H,6,13H2,1-2H3. The molecular formula is C12H15N3O2S2. The first-order valence-corrected chi connectivity index (χ1v) is 8.38. The van der Waals surface area contributed by atoms with Gasteiger partial charge in [0.15, 0.2) is 9.84 Å². The second-order valence-corrected chi connectivity index (χ2v) is 7.15. The van der Waals surface area contributed by atoms with Gasteiger partial charge in [0.25, 0.3) is 0 Å². The Bertz CT molecular complexity index is 693. The molecule has 0 saturated carbocycles. The Morgan fingerprint density at radius 3 is 2.74 bits per heavy atom. The molecule has 2 aromatic rings. The molecule has 5 nitrogen and oxygen atoms in total. The zero-order valence-electron chi connectivity index (χ0n) is 10.7. The number of nitrogens with one attached hydrogen (secondary N) is 1. The number of nitrogen functional groups attached to an aromatic ring is 1. The third-order valence-electron chi connectivity index (χ3n) is 2.56. The topological polar surface area (TPSA) is 85.1 Å². The number of anilines is 2. The quantitative estimate of drug-likeness (QED) is 0.844. The smallest absolute Gasteiger partial charge is 0.177 e. The van der Waals surface area contributed by atoms with Crippen LogP contribution in [0.25, 0.3) is 0 Å². The van der Waals surface area contributed by atoms with Crippen molar-refractivity contribution in [3.8, 4) is 0 Å². The summed E-state index contributed by atoms with van der Waals surface area (Å²) in [6, 6.07) is 4.93. The van der Waals surface area contributed by atoms with Crippen molar-refractivity contribution in [3.05, 3.63) is 34.3 Å². The molecule has 0 aliphatic heterocycles. The van der Waals surface area contributed by atoms with Gasteiger partial charge in [0, 0.05) is 17.3 Å². The van der Waals surface area contributed by atoms with Crippen LogP contribution < -0.4 is 11.1 Å². The van der Waals surface area contributed by atoms with Crippen molar-refractivity contribution in [2.24, 2.45) is 0 Å². The minimum atomic E-state index is -3.31. The van der Waals surface area contributed by atoms with E-state index in [1.54, 1.807) is 23.5 Å². The van der Waals surface area contributed by atoms with Gasteiger partial charge in [0.05, 0.1) is 22.8 Å². The SMILES string of the molecule is Cc1csc(CNc2cccc(S(C)(=O)=O)c2N)n1. The maximum Gasteiger partial charge on any atom is 0.177 e. The number of rotatable bonds is 4. The van der Waals surface area contributed by atoms with Crippen LogP contribution in [0.4, 0.5) is 11.4 Å². The Hall–Kier alpha value is -1.60. The third-order valence-corrected chi connectivity index (χ3v) is 4.68. The zero-order chi connectivity index (χ0) is 14.0. The number of nitrogens with zero attached hydrogens (tertiary/aromatic N) is 1. The maximum absolute atomic E-state index is 11.6. The van der Waals surface area contributed by atoms with Crippen molar-refractivity contribution in [2.45, 2.75) is 18.4 Å². The van der Waals surface area contributed by atoms with E-state index in [1.807, 2.05) is 12.3 Å². The van der Waals surface area contributed by atoms with Crippen LogP contribution in [0.15, 0.2) is 28.5 Å². The molecule has 0 atom stereocenters. The molecule has 0 saturated heterocycles. The fourth-order valence-electron chi connectivity index (χ4n) is 1.68. The van der Waals surface area contributed by atoms with Gasteiger partial charge in [-0.25, -0.2) is 13.4 Å². The first kappa shape index (κ1) is 13.8. The molecule has 3 N–H and O–H groups in total. The van der Waals surface area contributed by atoms with Gasteiger partial charge in [-0.1, -0.05) is 6.07 Å². The predicted molar refractivity (Wildman–Crippen MR) is 78.1 cm³/mol.